The third kappa shape index (κ3) is 4.56. The Bertz CT molecular complexity index is 1160. The Hall–Kier alpha value is -2.67. The van der Waals surface area contributed by atoms with E-state index in [4.69, 9.17) is 37.4 Å². The van der Waals surface area contributed by atoms with Crippen molar-refractivity contribution < 1.29 is 23.7 Å². The molecule has 0 radical (unpaired) electrons. The van der Waals surface area contributed by atoms with E-state index in [1.165, 1.54) is 12.1 Å². The minimum atomic E-state index is -0.743. The van der Waals surface area contributed by atoms with Gasteiger partial charge < -0.3 is 24.2 Å². The number of halogens is 3. The highest BCUT2D eigenvalue weighted by Crippen LogP contribution is 2.49. The number of hydrogen-bond acceptors (Lipinski definition) is 5. The number of nitrogens with zero attached hydrogens (tertiary/aromatic N) is 1. The van der Waals surface area contributed by atoms with Gasteiger partial charge >= 0.3 is 0 Å². The van der Waals surface area contributed by atoms with Crippen LogP contribution in [0.2, 0.25) is 10.0 Å². The van der Waals surface area contributed by atoms with E-state index >= 15 is 0 Å². The molecule has 1 unspecified atom stereocenters. The molecule has 1 aliphatic heterocycles. The molecule has 33 heavy (non-hydrogen) atoms. The number of fused-ring (bicyclic) bond motifs is 1. The Morgan fingerprint density at radius 3 is 2.39 bits per heavy atom. The van der Waals surface area contributed by atoms with Crippen LogP contribution < -0.4 is 19.1 Å². The predicted molar refractivity (Wildman–Crippen MR) is 129 cm³/mol. The van der Waals surface area contributed by atoms with Gasteiger partial charge in [0.2, 0.25) is 0 Å². The fraction of sp³-hybridized carbons (Fsp3) is 0.280. The first-order valence-corrected chi connectivity index (χ1v) is 11.2. The van der Waals surface area contributed by atoms with Crippen LogP contribution in [0.5, 0.6) is 17.2 Å². The van der Waals surface area contributed by atoms with Crippen molar-refractivity contribution in [2.45, 2.75) is 19.6 Å². The number of aliphatic hydroxyl groups excluding tert-OH is 1. The lowest BCUT2D eigenvalue weighted by atomic mass is 9.96. The maximum absolute atomic E-state index is 13.9. The van der Waals surface area contributed by atoms with E-state index in [0.29, 0.717) is 53.6 Å². The maximum atomic E-state index is 13.9. The van der Waals surface area contributed by atoms with E-state index in [-0.39, 0.29) is 10.0 Å². The molecule has 0 amide bonds. The summed E-state index contributed by atoms with van der Waals surface area (Å²) >= 11 is 12.9. The zero-order chi connectivity index (χ0) is 23.7. The molecule has 0 fully saturated rings. The van der Waals surface area contributed by atoms with Gasteiger partial charge in [0.15, 0.2) is 11.5 Å². The molecule has 0 saturated heterocycles. The van der Waals surface area contributed by atoms with Crippen molar-refractivity contribution in [2.24, 2.45) is 0 Å². The van der Waals surface area contributed by atoms with Crippen LogP contribution >= 0.6 is 23.2 Å². The highest BCUT2D eigenvalue weighted by Gasteiger charge is 2.28. The summed E-state index contributed by atoms with van der Waals surface area (Å²) in [7, 11) is 3.19. The van der Waals surface area contributed by atoms with Gasteiger partial charge in [0.05, 0.1) is 42.6 Å². The molecule has 1 aliphatic rings. The molecule has 1 atom stereocenters. The first-order chi connectivity index (χ1) is 15.8. The van der Waals surface area contributed by atoms with Crippen molar-refractivity contribution in [2.75, 3.05) is 32.3 Å². The second-order valence-electron chi connectivity index (χ2n) is 7.76. The molecule has 3 aromatic carbocycles. The lowest BCUT2D eigenvalue weighted by Crippen LogP contribution is -2.33. The Morgan fingerprint density at radius 2 is 1.76 bits per heavy atom. The number of rotatable bonds is 6. The molecule has 0 bridgehead atoms. The highest BCUT2D eigenvalue weighted by atomic mass is 35.5. The lowest BCUT2D eigenvalue weighted by molar-refractivity contribution is 0.190. The van der Waals surface area contributed by atoms with Gasteiger partial charge in [-0.15, -0.1) is 0 Å². The normalized spacial score (nSPS) is 13.8. The van der Waals surface area contributed by atoms with E-state index in [1.807, 2.05) is 24.3 Å². The quantitative estimate of drug-likeness (QED) is 0.440. The van der Waals surface area contributed by atoms with Gasteiger partial charge in [-0.1, -0.05) is 41.4 Å². The summed E-state index contributed by atoms with van der Waals surface area (Å²) in [4.78, 5) is 2.14. The van der Waals surface area contributed by atoms with Gasteiger partial charge in [0, 0.05) is 23.2 Å². The Labute approximate surface area is 202 Å². The molecule has 3 aromatic rings. The fourth-order valence-corrected chi connectivity index (χ4v) is 4.77. The van der Waals surface area contributed by atoms with Gasteiger partial charge in [-0.3, -0.25) is 0 Å². The SMILES string of the molecule is COc1ccc(CN2CCOc3c(C(C)O)ccc(-c4c(Cl)cc(F)cc4Cl)c32)cc1OC. The first kappa shape index (κ1) is 23.5. The van der Waals surface area contributed by atoms with Gasteiger partial charge in [-0.05, 0) is 36.8 Å². The van der Waals surface area contributed by atoms with Crippen LogP contribution in [0.4, 0.5) is 10.1 Å². The summed E-state index contributed by atoms with van der Waals surface area (Å²) in [5.74, 6) is 1.32. The minimum absolute atomic E-state index is 0.198. The summed E-state index contributed by atoms with van der Waals surface area (Å²) in [5.41, 5.74) is 3.59. The van der Waals surface area contributed by atoms with E-state index in [2.05, 4.69) is 4.90 Å². The van der Waals surface area contributed by atoms with Crippen LogP contribution in [0.1, 0.15) is 24.2 Å². The maximum Gasteiger partial charge on any atom is 0.161 e. The molecule has 4 rings (SSSR count). The number of hydrogen-bond donors (Lipinski definition) is 1. The van der Waals surface area contributed by atoms with E-state index in [0.717, 1.165) is 11.3 Å². The second kappa shape index (κ2) is 9.67. The Morgan fingerprint density at radius 1 is 1.06 bits per heavy atom. The third-order valence-electron chi connectivity index (χ3n) is 5.63. The van der Waals surface area contributed by atoms with Crippen LogP contribution in [-0.2, 0) is 6.54 Å². The number of ether oxygens (including phenoxy) is 3. The summed E-state index contributed by atoms with van der Waals surface area (Å²) in [6, 6.07) is 11.8. The van der Waals surface area contributed by atoms with Crippen LogP contribution in [0.15, 0.2) is 42.5 Å². The second-order valence-corrected chi connectivity index (χ2v) is 8.57. The number of benzene rings is 3. The summed E-state index contributed by atoms with van der Waals surface area (Å²) in [5, 5.41) is 10.8. The topological polar surface area (TPSA) is 51.2 Å². The van der Waals surface area contributed by atoms with Crippen molar-refractivity contribution in [3.8, 4) is 28.4 Å². The number of methoxy groups -OCH3 is 2. The number of anilines is 1. The third-order valence-corrected chi connectivity index (χ3v) is 6.23. The standard InChI is InChI=1S/C25H24Cl2FNO4/c1-14(30)17-5-6-18(23-19(26)11-16(28)12-20(23)27)24-25(17)33-9-8-29(24)13-15-4-7-21(31-2)22(10-15)32-3/h4-7,10-12,14,30H,8-9,13H2,1-3H3. The van der Waals surface area contributed by atoms with Gasteiger partial charge in [0.1, 0.15) is 18.2 Å². The van der Waals surface area contributed by atoms with Crippen LogP contribution in [0.3, 0.4) is 0 Å². The fourth-order valence-electron chi connectivity index (χ4n) is 4.11. The smallest absolute Gasteiger partial charge is 0.161 e. The van der Waals surface area contributed by atoms with E-state index < -0.39 is 11.9 Å². The molecule has 1 heterocycles. The molecule has 8 heteroatoms. The average Bonchev–Trinajstić information content (AvgIpc) is 2.78. The highest BCUT2D eigenvalue weighted by molar-refractivity contribution is 6.39. The average molecular weight is 492 g/mol. The van der Waals surface area contributed by atoms with Crippen LogP contribution in [0.25, 0.3) is 11.1 Å². The number of aliphatic hydroxyl groups is 1. The van der Waals surface area contributed by atoms with Crippen LogP contribution in [0, 0.1) is 5.82 Å². The summed E-state index contributed by atoms with van der Waals surface area (Å²) < 4.78 is 30.7. The van der Waals surface area contributed by atoms with E-state index in [9.17, 15) is 9.50 Å². The molecular weight excluding hydrogens is 468 g/mol. The minimum Gasteiger partial charge on any atom is -0.493 e. The van der Waals surface area contributed by atoms with Gasteiger partial charge in [-0.25, -0.2) is 4.39 Å². The predicted octanol–water partition coefficient (Wildman–Crippen LogP) is 6.27. The first-order valence-electron chi connectivity index (χ1n) is 10.4. The van der Waals surface area contributed by atoms with Crippen molar-refractivity contribution in [1.29, 1.82) is 0 Å². The van der Waals surface area contributed by atoms with Crippen molar-refractivity contribution >= 4 is 28.9 Å². The molecule has 5 nitrogen and oxygen atoms in total. The lowest BCUT2D eigenvalue weighted by Gasteiger charge is -2.35. The van der Waals surface area contributed by atoms with Gasteiger partial charge in [0.25, 0.3) is 0 Å². The molecule has 174 valence electrons. The molecule has 1 N–H and O–H groups in total. The molecule has 0 aliphatic carbocycles. The van der Waals surface area contributed by atoms with Crippen LogP contribution in [-0.4, -0.2) is 32.5 Å². The zero-order valence-electron chi connectivity index (χ0n) is 18.5. The largest absolute Gasteiger partial charge is 0.493 e. The van der Waals surface area contributed by atoms with Crippen molar-refractivity contribution in [3.05, 3.63) is 69.5 Å². The van der Waals surface area contributed by atoms with Crippen molar-refractivity contribution in [1.82, 2.24) is 0 Å². The monoisotopic (exact) mass is 491 g/mol. The summed E-state index contributed by atoms with van der Waals surface area (Å²) in [6.07, 6.45) is -0.743. The zero-order valence-corrected chi connectivity index (χ0v) is 20.0. The Kier molecular flexibility index (Phi) is 6.88. The summed E-state index contributed by atoms with van der Waals surface area (Å²) in [6.45, 7) is 3.25. The molecule has 0 aromatic heterocycles. The van der Waals surface area contributed by atoms with Gasteiger partial charge in [-0.2, -0.15) is 0 Å². The Balaban J connectivity index is 1.87. The molecule has 0 spiro atoms. The van der Waals surface area contributed by atoms with Crippen molar-refractivity contribution in [3.63, 3.8) is 0 Å². The molecular formula is C25H24Cl2FNO4. The van der Waals surface area contributed by atoms with E-state index in [1.54, 1.807) is 27.2 Å². The molecule has 0 saturated carbocycles.